The fourth-order valence-corrected chi connectivity index (χ4v) is 2.33. The zero-order valence-corrected chi connectivity index (χ0v) is 14.9. The van der Waals surface area contributed by atoms with E-state index in [0.29, 0.717) is 4.47 Å². The van der Waals surface area contributed by atoms with Gasteiger partial charge in [-0.25, -0.2) is 9.97 Å². The number of carbonyl (C=O) groups is 1. The topological polar surface area (TPSA) is 71.5 Å². The fourth-order valence-electron chi connectivity index (χ4n) is 1.66. The molecule has 22 heavy (non-hydrogen) atoms. The van der Waals surface area contributed by atoms with Crippen LogP contribution in [0.4, 0.5) is 4.39 Å². The third kappa shape index (κ3) is 3.95. The van der Waals surface area contributed by atoms with Crippen molar-refractivity contribution in [1.82, 2.24) is 20.2 Å². The van der Waals surface area contributed by atoms with E-state index in [0.717, 1.165) is 21.2 Å². The minimum absolute atomic E-state index is 0.0133. The van der Waals surface area contributed by atoms with Crippen molar-refractivity contribution in [3.05, 3.63) is 50.7 Å². The number of nitrogens with zero attached hydrogens (tertiary/aromatic N) is 3. The van der Waals surface area contributed by atoms with E-state index >= 15 is 0 Å². The minimum atomic E-state index is -0.722. The van der Waals surface area contributed by atoms with Crippen LogP contribution in [0.15, 0.2) is 33.5 Å². The number of hydrogen-bond donors (Lipinski definition) is 1. The van der Waals surface area contributed by atoms with Gasteiger partial charge in [-0.05, 0) is 57.8 Å². The number of aromatic amines is 1. The monoisotopic (exact) mass is 428 g/mol. The molecule has 3 aromatic rings. The first-order valence-electron chi connectivity index (χ1n) is 6.16. The molecule has 0 amide bonds. The van der Waals surface area contributed by atoms with Gasteiger partial charge < -0.3 is 0 Å². The lowest BCUT2D eigenvalue weighted by molar-refractivity contribution is 0.101. The van der Waals surface area contributed by atoms with E-state index in [1.807, 2.05) is 13.0 Å². The maximum Gasteiger partial charge on any atom is 0.223 e. The highest BCUT2D eigenvalue weighted by atomic mass is 79.9. The quantitative estimate of drug-likeness (QED) is 0.464. The average molecular weight is 430 g/mol. The van der Waals surface area contributed by atoms with E-state index in [9.17, 15) is 9.18 Å². The lowest BCUT2D eigenvalue weighted by Gasteiger charge is -1.96. The zero-order chi connectivity index (χ0) is 16.3. The van der Waals surface area contributed by atoms with Crippen LogP contribution in [-0.4, -0.2) is 25.9 Å². The van der Waals surface area contributed by atoms with Crippen molar-refractivity contribution in [3.8, 4) is 0 Å². The summed E-state index contributed by atoms with van der Waals surface area (Å²) in [5.74, 6) is -1.04. The number of hydrogen-bond acceptors (Lipinski definition) is 4. The second-order valence-electron chi connectivity index (χ2n) is 4.42. The van der Waals surface area contributed by atoms with E-state index < -0.39 is 5.95 Å². The summed E-state index contributed by atoms with van der Waals surface area (Å²) in [5, 5.41) is 7.94. The standard InChI is InChI=1S/C7H5BrFNO.C7H6BrN3/c1-4(11)6-2-5(8)3-10-7(6)9;1-4-6-2-5(8)3-9-7(6)11-10-4/h2-3H,1H3;2-3H,1H3,(H,9,10,11). The molecule has 3 aromatic heterocycles. The van der Waals surface area contributed by atoms with E-state index in [4.69, 9.17) is 0 Å². The predicted octanol–water partition coefficient (Wildman–Crippen LogP) is 4.21. The number of H-pyrrole nitrogens is 1. The van der Waals surface area contributed by atoms with Crippen molar-refractivity contribution in [2.45, 2.75) is 13.8 Å². The Kier molecular flexibility index (Phi) is 5.36. The van der Waals surface area contributed by atoms with Gasteiger partial charge in [-0.15, -0.1) is 0 Å². The van der Waals surface area contributed by atoms with E-state index in [2.05, 4.69) is 52.0 Å². The summed E-state index contributed by atoms with van der Waals surface area (Å²) in [6.07, 6.45) is 3.05. The average Bonchev–Trinajstić information content (AvgIpc) is 2.83. The largest absolute Gasteiger partial charge is 0.294 e. The maximum atomic E-state index is 12.7. The van der Waals surface area contributed by atoms with Crippen molar-refractivity contribution < 1.29 is 9.18 Å². The Bertz CT molecular complexity index is 835. The normalized spacial score (nSPS) is 10.2. The second kappa shape index (κ2) is 7.06. The number of Topliss-reactive ketones (excluding diaryl/α,β-unsaturated/α-hetero) is 1. The number of aromatic nitrogens is 4. The zero-order valence-electron chi connectivity index (χ0n) is 11.7. The molecule has 0 bridgehead atoms. The van der Waals surface area contributed by atoms with Gasteiger partial charge in [-0.2, -0.15) is 9.49 Å². The number of rotatable bonds is 1. The smallest absolute Gasteiger partial charge is 0.223 e. The second-order valence-corrected chi connectivity index (χ2v) is 6.25. The summed E-state index contributed by atoms with van der Waals surface area (Å²) in [4.78, 5) is 18.2. The van der Waals surface area contributed by atoms with Crippen molar-refractivity contribution in [2.75, 3.05) is 0 Å². The summed E-state index contributed by atoms with van der Waals surface area (Å²) in [6.45, 7) is 3.27. The molecule has 0 aromatic carbocycles. The van der Waals surface area contributed by atoms with Crippen molar-refractivity contribution in [2.24, 2.45) is 0 Å². The molecule has 5 nitrogen and oxygen atoms in total. The highest BCUT2D eigenvalue weighted by molar-refractivity contribution is 9.10. The van der Waals surface area contributed by atoms with E-state index in [-0.39, 0.29) is 11.3 Å². The third-order valence-electron chi connectivity index (χ3n) is 2.75. The summed E-state index contributed by atoms with van der Waals surface area (Å²) in [5.41, 5.74) is 1.83. The van der Waals surface area contributed by atoms with E-state index in [1.54, 1.807) is 6.20 Å². The van der Waals surface area contributed by atoms with Gasteiger partial charge >= 0.3 is 0 Å². The Hall–Kier alpha value is -1.67. The molecule has 3 heterocycles. The number of fused-ring (bicyclic) bond motifs is 1. The van der Waals surface area contributed by atoms with Gasteiger partial charge in [0.25, 0.3) is 0 Å². The molecular formula is C14H11Br2FN4O. The van der Waals surface area contributed by atoms with Gasteiger partial charge in [0.1, 0.15) is 0 Å². The number of pyridine rings is 2. The molecule has 0 spiro atoms. The van der Waals surface area contributed by atoms with Gasteiger partial charge in [-0.1, -0.05) is 0 Å². The SMILES string of the molecule is CC(=O)c1cc(Br)cnc1F.Cc1[nH]nc2ncc(Br)cc12. The van der Waals surface area contributed by atoms with Crippen LogP contribution < -0.4 is 0 Å². The number of carbonyl (C=O) groups excluding carboxylic acids is 1. The molecule has 3 rings (SSSR count). The van der Waals surface area contributed by atoms with Crippen molar-refractivity contribution in [1.29, 1.82) is 0 Å². The van der Waals surface area contributed by atoms with Crippen LogP contribution in [0, 0.1) is 12.9 Å². The molecule has 0 saturated heterocycles. The molecule has 0 radical (unpaired) electrons. The van der Waals surface area contributed by atoms with Crippen molar-refractivity contribution in [3.63, 3.8) is 0 Å². The summed E-state index contributed by atoms with van der Waals surface area (Å²) >= 11 is 6.43. The summed E-state index contributed by atoms with van der Waals surface area (Å²) in [7, 11) is 0. The summed E-state index contributed by atoms with van der Waals surface area (Å²) < 4.78 is 14.2. The first kappa shape index (κ1) is 16.7. The molecule has 0 saturated carbocycles. The van der Waals surface area contributed by atoms with Gasteiger partial charge in [0.15, 0.2) is 11.4 Å². The molecule has 0 atom stereocenters. The first-order valence-corrected chi connectivity index (χ1v) is 7.75. The molecule has 114 valence electrons. The molecule has 0 unspecified atom stereocenters. The fraction of sp³-hybridized carbons (Fsp3) is 0.143. The number of ketones is 1. The van der Waals surface area contributed by atoms with Crippen LogP contribution in [0.25, 0.3) is 11.0 Å². The lowest BCUT2D eigenvalue weighted by Crippen LogP contribution is -1.98. The van der Waals surface area contributed by atoms with E-state index in [1.165, 1.54) is 19.2 Å². The Morgan fingerprint density at radius 3 is 2.45 bits per heavy atom. The van der Waals surface area contributed by atoms with Gasteiger partial charge in [-0.3, -0.25) is 9.89 Å². The number of nitrogens with one attached hydrogen (secondary N) is 1. The van der Waals surface area contributed by atoms with Gasteiger partial charge in [0.2, 0.25) is 5.95 Å². The Labute approximate surface area is 142 Å². The number of halogens is 3. The van der Waals surface area contributed by atoms with Crippen molar-refractivity contribution >= 4 is 48.7 Å². The van der Waals surface area contributed by atoms with Crippen LogP contribution in [0.2, 0.25) is 0 Å². The van der Waals surface area contributed by atoms with Crippen LogP contribution in [0.1, 0.15) is 23.0 Å². The number of aryl methyl sites for hydroxylation is 1. The minimum Gasteiger partial charge on any atom is -0.294 e. The highest BCUT2D eigenvalue weighted by Gasteiger charge is 2.07. The molecule has 1 N–H and O–H groups in total. The van der Waals surface area contributed by atoms with Crippen LogP contribution in [-0.2, 0) is 0 Å². The van der Waals surface area contributed by atoms with Gasteiger partial charge in [0, 0.05) is 32.4 Å². The Morgan fingerprint density at radius 1 is 1.18 bits per heavy atom. The highest BCUT2D eigenvalue weighted by Crippen LogP contribution is 2.17. The molecule has 0 fully saturated rings. The third-order valence-corrected chi connectivity index (χ3v) is 3.62. The molecular weight excluding hydrogens is 419 g/mol. The molecule has 8 heteroatoms. The summed E-state index contributed by atoms with van der Waals surface area (Å²) in [6, 6.07) is 3.41. The predicted molar refractivity (Wildman–Crippen MR) is 88.2 cm³/mol. The van der Waals surface area contributed by atoms with Crippen LogP contribution in [0.3, 0.4) is 0 Å². The van der Waals surface area contributed by atoms with Crippen LogP contribution in [0.5, 0.6) is 0 Å². The Morgan fingerprint density at radius 2 is 1.82 bits per heavy atom. The first-order chi connectivity index (χ1) is 10.4. The molecule has 0 aliphatic rings. The molecule has 0 aliphatic heterocycles. The van der Waals surface area contributed by atoms with Gasteiger partial charge in [0.05, 0.1) is 5.56 Å². The maximum absolute atomic E-state index is 12.7. The van der Waals surface area contributed by atoms with Crippen LogP contribution >= 0.6 is 31.9 Å². The lowest BCUT2D eigenvalue weighted by atomic mass is 10.2. The molecule has 0 aliphatic carbocycles. The Balaban J connectivity index is 0.000000160.